The van der Waals surface area contributed by atoms with Crippen molar-refractivity contribution in [2.45, 2.75) is 63.6 Å². The molecule has 4 atom stereocenters. The van der Waals surface area contributed by atoms with Crippen LogP contribution in [0.3, 0.4) is 0 Å². The lowest BCUT2D eigenvalue weighted by Crippen LogP contribution is -2.32. The quantitative estimate of drug-likeness (QED) is 0.564. The Morgan fingerprint density at radius 1 is 1.20 bits per heavy atom. The summed E-state index contributed by atoms with van der Waals surface area (Å²) < 4.78 is 26.6. The molecule has 9 heteroatoms. The molecule has 1 aromatic heterocycles. The Labute approximate surface area is 205 Å². The van der Waals surface area contributed by atoms with Crippen LogP contribution in [0.15, 0.2) is 30.6 Å². The van der Waals surface area contributed by atoms with Gasteiger partial charge in [0.2, 0.25) is 11.7 Å². The third-order valence-electron chi connectivity index (χ3n) is 7.22. The third kappa shape index (κ3) is 5.83. The number of aromatic nitrogens is 2. The maximum Gasteiger partial charge on any atom is 0.255 e. The molecule has 2 aliphatic carbocycles. The minimum atomic E-state index is -0.506. The number of halogens is 1. The van der Waals surface area contributed by atoms with E-state index in [0.717, 1.165) is 49.8 Å². The van der Waals surface area contributed by atoms with E-state index in [2.05, 4.69) is 15.3 Å². The molecule has 5 rings (SSSR count). The zero-order valence-electron chi connectivity index (χ0n) is 20.2. The van der Waals surface area contributed by atoms with Gasteiger partial charge in [-0.05, 0) is 62.6 Å². The maximum absolute atomic E-state index is 14.9. The van der Waals surface area contributed by atoms with E-state index in [1.807, 2.05) is 36.1 Å². The summed E-state index contributed by atoms with van der Waals surface area (Å²) in [5, 5.41) is 3.10. The van der Waals surface area contributed by atoms with Crippen molar-refractivity contribution in [1.82, 2.24) is 15.3 Å². The summed E-state index contributed by atoms with van der Waals surface area (Å²) in [6.45, 7) is 3.67. The number of rotatable bonds is 9. The number of benzene rings is 1. The monoisotopic (exact) mass is 483 g/mol. The molecule has 3 aliphatic rings. The van der Waals surface area contributed by atoms with Crippen molar-refractivity contribution >= 4 is 11.7 Å². The summed E-state index contributed by atoms with van der Waals surface area (Å²) in [6.07, 6.45) is 6.85. The van der Waals surface area contributed by atoms with Crippen LogP contribution in [0, 0.1) is 17.7 Å². The lowest BCUT2D eigenvalue weighted by molar-refractivity contribution is -0.125. The Hall–Kier alpha value is -2.94. The predicted molar refractivity (Wildman–Crippen MR) is 130 cm³/mol. The molecular formula is C26H34FN5O3. The predicted octanol–water partition coefficient (Wildman–Crippen LogP) is 3.37. The van der Waals surface area contributed by atoms with Crippen LogP contribution in [0.25, 0.3) is 0 Å². The van der Waals surface area contributed by atoms with Crippen molar-refractivity contribution in [3.63, 3.8) is 0 Å². The van der Waals surface area contributed by atoms with Crippen molar-refractivity contribution in [3.05, 3.63) is 42.0 Å². The SMILES string of the molecule is C[C@H](NC(=O)[C@H]1CC[C@@H](N)C1)c1ccc(O[C@@H]2CCN(c3ncnc(OCC4CC4)c3F)C2)cc1. The van der Waals surface area contributed by atoms with Crippen LogP contribution in [-0.2, 0) is 4.79 Å². The fourth-order valence-corrected chi connectivity index (χ4v) is 4.86. The highest BCUT2D eigenvalue weighted by molar-refractivity contribution is 5.79. The molecule has 188 valence electrons. The fourth-order valence-electron chi connectivity index (χ4n) is 4.86. The Kier molecular flexibility index (Phi) is 7.04. The summed E-state index contributed by atoms with van der Waals surface area (Å²) in [7, 11) is 0. The number of hydrogen-bond donors (Lipinski definition) is 2. The fraction of sp³-hybridized carbons (Fsp3) is 0.577. The average Bonchev–Trinajstić information content (AvgIpc) is 3.40. The summed E-state index contributed by atoms with van der Waals surface area (Å²) >= 11 is 0. The van der Waals surface area contributed by atoms with E-state index in [1.54, 1.807) is 0 Å². The highest BCUT2D eigenvalue weighted by atomic mass is 19.1. The highest BCUT2D eigenvalue weighted by Crippen LogP contribution is 2.32. The zero-order valence-corrected chi connectivity index (χ0v) is 20.2. The van der Waals surface area contributed by atoms with Crippen molar-refractivity contribution in [2.24, 2.45) is 17.6 Å². The standard InChI is InChI=1S/C26H34FN5O3/c1-16(31-25(33)19-4-7-20(28)12-19)18-5-8-21(9-6-18)35-22-10-11-32(13-22)24-23(27)26(30-15-29-24)34-14-17-2-3-17/h5-6,8-9,15-17,19-20,22H,2-4,7,10-14,28H2,1H3,(H,31,33)/t16-,19-,20+,22+/m0/s1. The topological polar surface area (TPSA) is 103 Å². The normalized spacial score (nSPS) is 24.9. The van der Waals surface area contributed by atoms with Gasteiger partial charge >= 0.3 is 0 Å². The Balaban J connectivity index is 1.13. The molecule has 0 bridgehead atoms. The van der Waals surface area contributed by atoms with E-state index >= 15 is 0 Å². The van der Waals surface area contributed by atoms with Crippen molar-refractivity contribution in [1.29, 1.82) is 0 Å². The molecule has 1 amide bonds. The van der Waals surface area contributed by atoms with Gasteiger partial charge in [0.15, 0.2) is 5.82 Å². The van der Waals surface area contributed by atoms with E-state index in [4.69, 9.17) is 15.2 Å². The molecule has 35 heavy (non-hydrogen) atoms. The van der Waals surface area contributed by atoms with Gasteiger partial charge in [-0.15, -0.1) is 0 Å². The second-order valence-electron chi connectivity index (χ2n) is 10.1. The van der Waals surface area contributed by atoms with Crippen molar-refractivity contribution in [2.75, 3.05) is 24.6 Å². The summed E-state index contributed by atoms with van der Waals surface area (Å²) in [6, 6.07) is 7.83. The minimum absolute atomic E-state index is 0.0148. The van der Waals surface area contributed by atoms with Crippen molar-refractivity contribution in [3.8, 4) is 11.6 Å². The lowest BCUT2D eigenvalue weighted by Gasteiger charge is -2.20. The minimum Gasteiger partial charge on any atom is -0.489 e. The molecule has 0 spiro atoms. The van der Waals surface area contributed by atoms with Gasteiger partial charge < -0.3 is 25.4 Å². The Morgan fingerprint density at radius 3 is 2.71 bits per heavy atom. The number of nitrogens with one attached hydrogen (secondary N) is 1. The largest absolute Gasteiger partial charge is 0.489 e. The molecule has 1 aromatic carbocycles. The summed E-state index contributed by atoms with van der Waals surface area (Å²) in [5.74, 6) is 1.15. The molecule has 3 N–H and O–H groups in total. The van der Waals surface area contributed by atoms with Crippen molar-refractivity contribution < 1.29 is 18.7 Å². The molecule has 2 heterocycles. The Morgan fingerprint density at radius 2 is 2.00 bits per heavy atom. The van der Waals surface area contributed by atoms with Gasteiger partial charge in [0.1, 0.15) is 18.2 Å². The number of hydrogen-bond acceptors (Lipinski definition) is 7. The molecule has 0 unspecified atom stereocenters. The Bertz CT molecular complexity index is 1030. The molecular weight excluding hydrogens is 449 g/mol. The number of nitrogens with two attached hydrogens (primary N) is 1. The van der Waals surface area contributed by atoms with Gasteiger partial charge in [0.05, 0.1) is 19.2 Å². The summed E-state index contributed by atoms with van der Waals surface area (Å²) in [5.41, 5.74) is 6.96. The van der Waals surface area contributed by atoms with Crippen LogP contribution in [0.5, 0.6) is 11.6 Å². The lowest BCUT2D eigenvalue weighted by atomic mass is 10.0. The molecule has 8 nitrogen and oxygen atoms in total. The van der Waals surface area contributed by atoms with Crippen LogP contribution < -0.4 is 25.4 Å². The van der Waals surface area contributed by atoms with Gasteiger partial charge in [-0.3, -0.25) is 4.79 Å². The second kappa shape index (κ2) is 10.4. The number of anilines is 1. The average molecular weight is 484 g/mol. The van der Waals surface area contributed by atoms with Gasteiger partial charge in [-0.1, -0.05) is 12.1 Å². The molecule has 1 saturated heterocycles. The first-order valence-electron chi connectivity index (χ1n) is 12.7. The summed E-state index contributed by atoms with van der Waals surface area (Å²) in [4.78, 5) is 22.5. The van der Waals surface area contributed by atoms with Crippen LogP contribution in [0.2, 0.25) is 0 Å². The van der Waals surface area contributed by atoms with Gasteiger partial charge in [-0.25, -0.2) is 4.98 Å². The van der Waals surface area contributed by atoms with Gasteiger partial charge in [0, 0.05) is 24.9 Å². The van der Waals surface area contributed by atoms with Crippen LogP contribution in [-0.4, -0.2) is 47.7 Å². The smallest absolute Gasteiger partial charge is 0.255 e. The van der Waals surface area contributed by atoms with Crippen LogP contribution in [0.4, 0.5) is 10.2 Å². The first-order valence-corrected chi connectivity index (χ1v) is 12.7. The molecule has 1 aliphatic heterocycles. The number of amides is 1. The second-order valence-corrected chi connectivity index (χ2v) is 10.1. The number of nitrogens with zero attached hydrogens (tertiary/aromatic N) is 3. The van der Waals surface area contributed by atoms with E-state index in [1.165, 1.54) is 6.33 Å². The number of carbonyl (C=O) groups is 1. The highest BCUT2D eigenvalue weighted by Gasteiger charge is 2.30. The van der Waals surface area contributed by atoms with Gasteiger partial charge in [0.25, 0.3) is 5.88 Å². The maximum atomic E-state index is 14.9. The molecule has 2 saturated carbocycles. The zero-order chi connectivity index (χ0) is 24.4. The molecule has 2 aromatic rings. The van der Waals surface area contributed by atoms with Crippen LogP contribution >= 0.6 is 0 Å². The molecule has 3 fully saturated rings. The first kappa shape index (κ1) is 23.8. The molecule has 0 radical (unpaired) electrons. The van der Waals surface area contributed by atoms with E-state index < -0.39 is 5.82 Å². The number of carbonyl (C=O) groups excluding carboxylic acids is 1. The third-order valence-corrected chi connectivity index (χ3v) is 7.22. The van der Waals surface area contributed by atoms with E-state index in [0.29, 0.717) is 25.6 Å². The first-order chi connectivity index (χ1) is 17.0. The van der Waals surface area contributed by atoms with Crippen LogP contribution in [0.1, 0.15) is 57.1 Å². The van der Waals surface area contributed by atoms with Gasteiger partial charge in [-0.2, -0.15) is 9.37 Å². The van der Waals surface area contributed by atoms with E-state index in [9.17, 15) is 9.18 Å². The van der Waals surface area contributed by atoms with E-state index in [-0.39, 0.29) is 41.7 Å². The number of ether oxygens (including phenoxy) is 2.